The molecule has 1 aromatic rings. The van der Waals surface area contributed by atoms with Gasteiger partial charge >= 0.3 is 0 Å². The van der Waals surface area contributed by atoms with E-state index in [1.165, 1.54) is 17.0 Å². The van der Waals surface area contributed by atoms with Gasteiger partial charge in [-0.3, -0.25) is 4.79 Å². The van der Waals surface area contributed by atoms with E-state index in [4.69, 9.17) is 10.5 Å². The molecule has 0 heterocycles. The van der Waals surface area contributed by atoms with Gasteiger partial charge in [0.15, 0.2) is 0 Å². The van der Waals surface area contributed by atoms with Crippen LogP contribution in [0.2, 0.25) is 0 Å². The first-order valence-corrected chi connectivity index (χ1v) is 6.25. The first kappa shape index (κ1) is 15.4. The highest BCUT2D eigenvalue weighted by atomic mass is 19.1. The van der Waals surface area contributed by atoms with Crippen molar-refractivity contribution in [2.24, 2.45) is 0 Å². The summed E-state index contributed by atoms with van der Waals surface area (Å²) in [6.07, 6.45) is 0.106. The SMILES string of the molecule is Cc1cc(N)cc(C(=O)N(C)CCOC(C)C)c1F. The summed E-state index contributed by atoms with van der Waals surface area (Å²) in [5.74, 6) is -0.906. The van der Waals surface area contributed by atoms with Gasteiger partial charge in [0.2, 0.25) is 0 Å². The van der Waals surface area contributed by atoms with Crippen LogP contribution >= 0.6 is 0 Å². The molecule has 0 aliphatic heterocycles. The van der Waals surface area contributed by atoms with Crippen LogP contribution in [-0.4, -0.2) is 37.1 Å². The quantitative estimate of drug-likeness (QED) is 0.833. The van der Waals surface area contributed by atoms with Gasteiger partial charge in [-0.25, -0.2) is 4.39 Å². The molecule has 1 amide bonds. The van der Waals surface area contributed by atoms with Gasteiger partial charge in [0.1, 0.15) is 5.82 Å². The Bertz CT molecular complexity index is 461. The molecule has 0 aliphatic rings. The fourth-order valence-corrected chi connectivity index (χ4v) is 1.69. The molecule has 19 heavy (non-hydrogen) atoms. The summed E-state index contributed by atoms with van der Waals surface area (Å²) in [7, 11) is 1.62. The molecule has 0 spiro atoms. The van der Waals surface area contributed by atoms with E-state index in [1.807, 2.05) is 13.8 Å². The van der Waals surface area contributed by atoms with Gasteiger partial charge in [0, 0.05) is 19.3 Å². The lowest BCUT2D eigenvalue weighted by atomic mass is 10.1. The lowest BCUT2D eigenvalue weighted by molar-refractivity contribution is 0.0529. The van der Waals surface area contributed by atoms with Crippen molar-refractivity contribution in [3.63, 3.8) is 0 Å². The molecule has 0 fully saturated rings. The van der Waals surface area contributed by atoms with E-state index in [1.54, 1.807) is 14.0 Å². The third-order valence-electron chi connectivity index (χ3n) is 2.73. The second kappa shape index (κ2) is 6.52. The smallest absolute Gasteiger partial charge is 0.256 e. The summed E-state index contributed by atoms with van der Waals surface area (Å²) in [6.45, 7) is 6.25. The average Bonchev–Trinajstić information content (AvgIpc) is 2.32. The van der Waals surface area contributed by atoms with Crippen LogP contribution in [0, 0.1) is 12.7 Å². The Kier molecular flexibility index (Phi) is 5.30. The molecule has 0 bridgehead atoms. The maximum Gasteiger partial charge on any atom is 0.256 e. The molecule has 4 nitrogen and oxygen atoms in total. The maximum absolute atomic E-state index is 13.9. The Morgan fingerprint density at radius 3 is 2.68 bits per heavy atom. The summed E-state index contributed by atoms with van der Waals surface area (Å²) in [5, 5.41) is 0. The van der Waals surface area contributed by atoms with Crippen molar-refractivity contribution in [2.45, 2.75) is 26.9 Å². The minimum atomic E-state index is -0.518. The first-order chi connectivity index (χ1) is 8.82. The van der Waals surface area contributed by atoms with Crippen molar-refractivity contribution in [1.29, 1.82) is 0 Å². The van der Waals surface area contributed by atoms with Crippen molar-refractivity contribution < 1.29 is 13.9 Å². The van der Waals surface area contributed by atoms with Gasteiger partial charge in [-0.2, -0.15) is 0 Å². The van der Waals surface area contributed by atoms with E-state index in [9.17, 15) is 9.18 Å². The van der Waals surface area contributed by atoms with Crippen LogP contribution in [0.4, 0.5) is 10.1 Å². The van der Waals surface area contributed by atoms with Crippen molar-refractivity contribution in [3.05, 3.63) is 29.1 Å². The first-order valence-electron chi connectivity index (χ1n) is 6.25. The highest BCUT2D eigenvalue weighted by molar-refractivity contribution is 5.95. The number of rotatable bonds is 5. The van der Waals surface area contributed by atoms with E-state index in [0.29, 0.717) is 24.4 Å². The molecular formula is C14H21FN2O2. The molecule has 5 heteroatoms. The number of nitrogens with two attached hydrogens (primary N) is 1. The monoisotopic (exact) mass is 268 g/mol. The Morgan fingerprint density at radius 2 is 2.11 bits per heavy atom. The molecule has 0 unspecified atom stereocenters. The summed E-state index contributed by atoms with van der Waals surface area (Å²) < 4.78 is 19.3. The topological polar surface area (TPSA) is 55.6 Å². The van der Waals surface area contributed by atoms with Crippen LogP contribution in [0.25, 0.3) is 0 Å². The van der Waals surface area contributed by atoms with Crippen molar-refractivity contribution >= 4 is 11.6 Å². The van der Waals surface area contributed by atoms with Crippen LogP contribution in [0.1, 0.15) is 29.8 Å². The van der Waals surface area contributed by atoms with Crippen molar-refractivity contribution in [3.8, 4) is 0 Å². The van der Waals surface area contributed by atoms with Crippen molar-refractivity contribution in [1.82, 2.24) is 4.90 Å². The molecule has 0 aromatic heterocycles. The number of halogens is 1. The van der Waals surface area contributed by atoms with Gasteiger partial charge in [-0.1, -0.05) is 0 Å². The number of carbonyl (C=O) groups excluding carboxylic acids is 1. The lowest BCUT2D eigenvalue weighted by Gasteiger charge is -2.19. The number of nitrogens with zero attached hydrogens (tertiary/aromatic N) is 1. The maximum atomic E-state index is 13.9. The Labute approximate surface area is 113 Å². The molecule has 0 saturated carbocycles. The predicted octanol–water partition coefficient (Wildman–Crippen LogP) is 2.21. The number of carbonyl (C=O) groups is 1. The van der Waals surface area contributed by atoms with Crippen LogP contribution in [-0.2, 0) is 4.74 Å². The zero-order valence-corrected chi connectivity index (χ0v) is 11.9. The summed E-state index contributed by atoms with van der Waals surface area (Å²) in [4.78, 5) is 13.6. The Morgan fingerprint density at radius 1 is 1.47 bits per heavy atom. The number of anilines is 1. The van der Waals surface area contributed by atoms with Crippen molar-refractivity contribution in [2.75, 3.05) is 25.9 Å². The van der Waals surface area contributed by atoms with Crippen LogP contribution in [0.3, 0.4) is 0 Å². The molecular weight excluding hydrogens is 247 g/mol. The van der Waals surface area contributed by atoms with E-state index < -0.39 is 5.82 Å². The number of benzene rings is 1. The minimum Gasteiger partial charge on any atom is -0.399 e. The van der Waals surface area contributed by atoms with Crippen LogP contribution in [0.5, 0.6) is 0 Å². The molecule has 0 atom stereocenters. The molecule has 2 N–H and O–H groups in total. The van der Waals surface area contributed by atoms with E-state index in [-0.39, 0.29) is 17.6 Å². The number of amides is 1. The van der Waals surface area contributed by atoms with E-state index in [2.05, 4.69) is 0 Å². The van der Waals surface area contributed by atoms with E-state index >= 15 is 0 Å². The van der Waals surface area contributed by atoms with Gasteiger partial charge < -0.3 is 15.4 Å². The van der Waals surface area contributed by atoms with E-state index in [0.717, 1.165) is 0 Å². The fourth-order valence-electron chi connectivity index (χ4n) is 1.69. The fraction of sp³-hybridized carbons (Fsp3) is 0.500. The average molecular weight is 268 g/mol. The van der Waals surface area contributed by atoms with Crippen LogP contribution < -0.4 is 5.73 Å². The van der Waals surface area contributed by atoms with Gasteiger partial charge in [-0.15, -0.1) is 0 Å². The summed E-state index contributed by atoms with van der Waals surface area (Å²) >= 11 is 0. The van der Waals surface area contributed by atoms with Gasteiger partial charge in [0.05, 0.1) is 18.3 Å². The minimum absolute atomic E-state index is 0.00421. The molecule has 0 radical (unpaired) electrons. The number of ether oxygens (including phenoxy) is 1. The lowest BCUT2D eigenvalue weighted by Crippen LogP contribution is -2.31. The zero-order valence-electron chi connectivity index (χ0n) is 11.9. The number of likely N-dealkylation sites (N-methyl/N-ethyl adjacent to an activating group) is 1. The second-order valence-electron chi connectivity index (χ2n) is 4.85. The zero-order chi connectivity index (χ0) is 14.6. The predicted molar refractivity (Wildman–Crippen MR) is 73.6 cm³/mol. The summed E-state index contributed by atoms with van der Waals surface area (Å²) in [5.41, 5.74) is 6.40. The highest BCUT2D eigenvalue weighted by Gasteiger charge is 2.18. The molecule has 1 rings (SSSR count). The molecule has 1 aromatic carbocycles. The molecule has 0 saturated heterocycles. The number of aryl methyl sites for hydroxylation is 1. The molecule has 0 aliphatic carbocycles. The Hall–Kier alpha value is -1.62. The standard InChI is InChI=1S/C14H21FN2O2/c1-9(2)19-6-5-17(4)14(18)12-8-11(16)7-10(3)13(12)15/h7-9H,5-6,16H2,1-4H3. The van der Waals surface area contributed by atoms with Crippen LogP contribution in [0.15, 0.2) is 12.1 Å². The number of nitrogen functional groups attached to an aromatic ring is 1. The van der Waals surface area contributed by atoms with Gasteiger partial charge in [0.25, 0.3) is 5.91 Å². The molecule has 106 valence electrons. The second-order valence-corrected chi connectivity index (χ2v) is 4.85. The third-order valence-corrected chi connectivity index (χ3v) is 2.73. The largest absolute Gasteiger partial charge is 0.399 e. The third kappa shape index (κ3) is 4.21. The number of hydrogen-bond donors (Lipinski definition) is 1. The normalized spacial score (nSPS) is 10.8. The summed E-state index contributed by atoms with van der Waals surface area (Å²) in [6, 6.07) is 2.87. The highest BCUT2D eigenvalue weighted by Crippen LogP contribution is 2.18. The Balaban J connectivity index is 2.77. The number of hydrogen-bond acceptors (Lipinski definition) is 3. The van der Waals surface area contributed by atoms with Gasteiger partial charge in [-0.05, 0) is 38.5 Å².